The molecule has 1 N–H and O–H groups in total. The zero-order valence-electron chi connectivity index (χ0n) is 19.5. The molecule has 0 amide bonds. The largest absolute Gasteiger partial charge is 0.467 e. The van der Waals surface area contributed by atoms with Crippen LogP contribution in [0.4, 0.5) is 4.39 Å². The molecule has 2 rings (SSSR count). The zero-order chi connectivity index (χ0) is 25.6. The lowest BCUT2D eigenvalue weighted by molar-refractivity contribution is -0.149. The van der Waals surface area contributed by atoms with Crippen molar-refractivity contribution in [3.63, 3.8) is 0 Å². The fourth-order valence-corrected chi connectivity index (χ4v) is 5.50. The lowest BCUT2D eigenvalue weighted by Crippen LogP contribution is -2.67. The Balaban J connectivity index is 2.53. The van der Waals surface area contributed by atoms with Gasteiger partial charge in [-0.3, -0.25) is 10.1 Å². The van der Waals surface area contributed by atoms with Crippen LogP contribution in [0, 0.1) is 11.2 Å². The summed E-state index contributed by atoms with van der Waals surface area (Å²) in [5.41, 5.74) is -1.42. The monoisotopic (exact) mass is 493 g/mol. The number of benzene rings is 2. The second kappa shape index (κ2) is 10.8. The van der Waals surface area contributed by atoms with E-state index in [1.807, 2.05) is 0 Å². The van der Waals surface area contributed by atoms with Crippen molar-refractivity contribution in [1.82, 2.24) is 5.32 Å². The van der Waals surface area contributed by atoms with Crippen LogP contribution in [0.3, 0.4) is 0 Å². The van der Waals surface area contributed by atoms with E-state index in [9.17, 15) is 22.4 Å². The van der Waals surface area contributed by atoms with Crippen molar-refractivity contribution in [2.24, 2.45) is 5.41 Å². The van der Waals surface area contributed by atoms with Gasteiger partial charge in [0.05, 0.1) is 25.2 Å². The van der Waals surface area contributed by atoms with Gasteiger partial charge in [0.2, 0.25) is 14.7 Å². The summed E-state index contributed by atoms with van der Waals surface area (Å²) in [6.45, 7) is 7.77. The first-order valence-corrected chi connectivity index (χ1v) is 11.8. The van der Waals surface area contributed by atoms with Crippen LogP contribution in [0.5, 0.6) is 11.5 Å². The maximum absolute atomic E-state index is 13.9. The number of ether oxygens (including phenoxy) is 3. The van der Waals surface area contributed by atoms with E-state index < -0.39 is 44.4 Å². The number of esters is 2. The molecule has 0 saturated carbocycles. The van der Waals surface area contributed by atoms with Gasteiger partial charge in [0.15, 0.2) is 0 Å². The summed E-state index contributed by atoms with van der Waals surface area (Å²) in [6.07, 6.45) is 1.30. The summed E-state index contributed by atoms with van der Waals surface area (Å²) in [4.78, 5) is 22.4. The Labute approximate surface area is 198 Å². The summed E-state index contributed by atoms with van der Waals surface area (Å²) in [6, 6.07) is 10.6. The Hall–Kier alpha value is -3.24. The molecule has 8 nitrogen and oxygen atoms in total. The highest BCUT2D eigenvalue weighted by atomic mass is 32.2. The summed E-state index contributed by atoms with van der Waals surface area (Å²) in [5, 5.41) is 2.58. The summed E-state index contributed by atoms with van der Waals surface area (Å²) in [5.74, 6) is -1.64. The molecule has 0 radical (unpaired) electrons. The van der Waals surface area contributed by atoms with Crippen LogP contribution in [-0.2, 0) is 28.9 Å². The van der Waals surface area contributed by atoms with Gasteiger partial charge in [0.25, 0.3) is 0 Å². The molecule has 2 aromatic carbocycles. The van der Waals surface area contributed by atoms with Crippen LogP contribution in [0.2, 0.25) is 0 Å². The molecule has 0 aliphatic heterocycles. The van der Waals surface area contributed by atoms with Gasteiger partial charge in [-0.25, -0.2) is 17.6 Å². The Bertz CT molecular complexity index is 1130. The second-order valence-corrected chi connectivity index (χ2v) is 9.88. The number of halogens is 1. The number of hydrogen-bond donors (Lipinski definition) is 1. The quantitative estimate of drug-likeness (QED) is 0.374. The van der Waals surface area contributed by atoms with E-state index in [0.717, 1.165) is 7.11 Å². The Morgan fingerprint density at radius 1 is 1.06 bits per heavy atom. The predicted octanol–water partition coefficient (Wildman–Crippen LogP) is 3.63. The first-order valence-electron chi connectivity index (χ1n) is 10.4. The molecule has 184 valence electrons. The summed E-state index contributed by atoms with van der Waals surface area (Å²) in [7, 11) is -3.47. The predicted molar refractivity (Wildman–Crippen MR) is 123 cm³/mol. The number of hydrogen-bond acceptors (Lipinski definition) is 8. The molecular weight excluding hydrogens is 465 g/mol. The smallest absolute Gasteiger partial charge is 0.343 e. The zero-order valence-corrected chi connectivity index (χ0v) is 20.3. The van der Waals surface area contributed by atoms with Crippen LogP contribution in [0.1, 0.15) is 20.8 Å². The first kappa shape index (κ1) is 27.0. The Morgan fingerprint density at radius 2 is 1.59 bits per heavy atom. The first-order chi connectivity index (χ1) is 15.9. The molecule has 0 spiro atoms. The minimum Gasteiger partial charge on any atom is -0.467 e. The molecule has 2 aromatic rings. The topological polar surface area (TPSA) is 108 Å². The van der Waals surface area contributed by atoms with Crippen molar-refractivity contribution in [3.05, 3.63) is 67.0 Å². The van der Waals surface area contributed by atoms with E-state index in [1.54, 1.807) is 6.92 Å². The van der Waals surface area contributed by atoms with Crippen molar-refractivity contribution in [3.8, 4) is 11.5 Å². The highest BCUT2D eigenvalue weighted by molar-refractivity contribution is 7.93. The highest BCUT2D eigenvalue weighted by Gasteiger charge is 2.61. The lowest BCUT2D eigenvalue weighted by Gasteiger charge is -2.42. The number of rotatable bonds is 11. The van der Waals surface area contributed by atoms with Crippen LogP contribution < -0.4 is 10.1 Å². The molecule has 0 aromatic heterocycles. The van der Waals surface area contributed by atoms with Gasteiger partial charge < -0.3 is 14.2 Å². The molecule has 1 atom stereocenters. The van der Waals surface area contributed by atoms with Crippen molar-refractivity contribution in [2.45, 2.75) is 30.5 Å². The third-order valence-corrected chi connectivity index (χ3v) is 7.80. The summed E-state index contributed by atoms with van der Waals surface area (Å²) < 4.78 is 56.2. The van der Waals surface area contributed by atoms with Crippen LogP contribution in [-0.4, -0.2) is 45.5 Å². The van der Waals surface area contributed by atoms with Crippen molar-refractivity contribution < 1.29 is 36.6 Å². The average molecular weight is 494 g/mol. The molecular formula is C24H28FNO7S. The van der Waals surface area contributed by atoms with E-state index in [-0.39, 0.29) is 17.3 Å². The van der Waals surface area contributed by atoms with Gasteiger partial charge in [-0.1, -0.05) is 19.9 Å². The number of carbonyl (C=O) groups is 2. The number of carbonyl (C=O) groups excluding carboxylic acids is 2. The van der Waals surface area contributed by atoms with Gasteiger partial charge in [0.1, 0.15) is 17.3 Å². The van der Waals surface area contributed by atoms with Gasteiger partial charge in [-0.05, 0) is 55.5 Å². The molecule has 0 bridgehead atoms. The normalized spacial score (nSPS) is 13.4. The molecule has 0 fully saturated rings. The lowest BCUT2D eigenvalue weighted by atomic mass is 9.83. The van der Waals surface area contributed by atoms with E-state index >= 15 is 0 Å². The van der Waals surface area contributed by atoms with E-state index in [4.69, 9.17) is 14.2 Å². The van der Waals surface area contributed by atoms with E-state index in [1.165, 1.54) is 68.5 Å². The number of methoxy groups -OCH3 is 1. The van der Waals surface area contributed by atoms with Crippen molar-refractivity contribution >= 4 is 21.8 Å². The van der Waals surface area contributed by atoms with Crippen LogP contribution in [0.15, 0.2) is 66.1 Å². The van der Waals surface area contributed by atoms with Gasteiger partial charge in [-0.2, -0.15) is 0 Å². The third-order valence-electron chi connectivity index (χ3n) is 5.26. The molecule has 0 saturated heterocycles. The van der Waals surface area contributed by atoms with Crippen LogP contribution in [0.25, 0.3) is 0 Å². The Kier molecular flexibility index (Phi) is 8.57. The molecule has 0 unspecified atom stereocenters. The summed E-state index contributed by atoms with van der Waals surface area (Å²) >= 11 is 0. The number of sulfone groups is 1. The Morgan fingerprint density at radius 3 is 2.06 bits per heavy atom. The third kappa shape index (κ3) is 5.28. The molecule has 0 aliphatic carbocycles. The minimum absolute atomic E-state index is 0.0822. The van der Waals surface area contributed by atoms with Gasteiger partial charge in [0, 0.05) is 5.41 Å². The van der Waals surface area contributed by atoms with Crippen molar-refractivity contribution in [2.75, 3.05) is 20.3 Å². The maximum Gasteiger partial charge on any atom is 0.343 e. The van der Waals surface area contributed by atoms with Gasteiger partial charge >= 0.3 is 11.9 Å². The average Bonchev–Trinajstić information content (AvgIpc) is 2.81. The van der Waals surface area contributed by atoms with Gasteiger partial charge in [-0.15, -0.1) is 6.58 Å². The fraction of sp³-hybridized carbons (Fsp3) is 0.333. The second-order valence-electron chi connectivity index (χ2n) is 7.79. The van der Waals surface area contributed by atoms with E-state index in [2.05, 4.69) is 11.9 Å². The highest BCUT2D eigenvalue weighted by Crippen LogP contribution is 2.41. The molecule has 0 heterocycles. The van der Waals surface area contributed by atoms with Crippen molar-refractivity contribution in [1.29, 1.82) is 0 Å². The number of nitrogens with one attached hydrogen (secondary N) is 1. The fourth-order valence-electron chi connectivity index (χ4n) is 3.31. The maximum atomic E-state index is 13.9. The molecule has 0 aliphatic rings. The van der Waals surface area contributed by atoms with Crippen LogP contribution >= 0.6 is 0 Å². The minimum atomic E-state index is -4.52. The standard InChI is InChI=1S/C24H28FNO7S/c1-6-23(3,4)24(22(28)31-5,26-16-21(27)32-7-2)34(29,30)20-14-12-19(13-15-20)33-18-10-8-17(25)9-11-18/h6,8-15,26H,1,7,16H2,2-5H3/t24-/m0/s1. The SMILES string of the molecule is C=CC(C)(C)[C@](NCC(=O)OCC)(C(=O)OC)S(=O)(=O)c1ccc(Oc2ccc(F)cc2)cc1. The van der Waals surface area contributed by atoms with E-state index in [0.29, 0.717) is 5.75 Å². The molecule has 34 heavy (non-hydrogen) atoms. The molecule has 10 heteroatoms.